The van der Waals surface area contributed by atoms with Gasteiger partial charge in [-0.1, -0.05) is 20.8 Å². The van der Waals surface area contributed by atoms with Crippen LogP contribution in [0.3, 0.4) is 0 Å². The SMILES string of the molecule is CN(C)C(=O)Nc1cc(Oc2ccc(NC(=O)NC(=O)C(C)(C)C)nc2)ccn1. The number of rotatable bonds is 4. The highest BCUT2D eigenvalue weighted by Gasteiger charge is 2.23. The third kappa shape index (κ3) is 6.76. The maximum atomic E-state index is 11.9. The second kappa shape index (κ2) is 9.00. The van der Waals surface area contributed by atoms with Crippen molar-refractivity contribution in [2.45, 2.75) is 20.8 Å². The smallest absolute Gasteiger partial charge is 0.327 e. The number of nitrogens with zero attached hydrogens (tertiary/aromatic N) is 3. The number of imide groups is 1. The summed E-state index contributed by atoms with van der Waals surface area (Å²) in [4.78, 5) is 44.9. The van der Waals surface area contributed by atoms with Crippen molar-refractivity contribution in [3.63, 3.8) is 0 Å². The van der Waals surface area contributed by atoms with Crippen molar-refractivity contribution in [2.24, 2.45) is 5.41 Å². The molecule has 0 saturated carbocycles. The summed E-state index contributed by atoms with van der Waals surface area (Å²) in [6, 6.07) is 5.36. The molecule has 0 aliphatic rings. The Bertz CT molecular complexity index is 890. The Morgan fingerprint density at radius 2 is 1.69 bits per heavy atom. The largest absolute Gasteiger partial charge is 0.456 e. The van der Waals surface area contributed by atoms with Gasteiger partial charge in [-0.3, -0.25) is 20.7 Å². The van der Waals surface area contributed by atoms with Crippen molar-refractivity contribution in [1.82, 2.24) is 20.2 Å². The van der Waals surface area contributed by atoms with Gasteiger partial charge in [0, 0.05) is 31.8 Å². The zero-order valence-corrected chi connectivity index (χ0v) is 16.9. The van der Waals surface area contributed by atoms with Gasteiger partial charge in [0.2, 0.25) is 5.91 Å². The lowest BCUT2D eigenvalue weighted by atomic mass is 9.96. The summed E-state index contributed by atoms with van der Waals surface area (Å²) in [5, 5.41) is 7.35. The van der Waals surface area contributed by atoms with Crippen LogP contribution in [-0.2, 0) is 4.79 Å². The van der Waals surface area contributed by atoms with E-state index in [0.29, 0.717) is 17.3 Å². The zero-order chi connectivity index (χ0) is 21.6. The maximum Gasteiger partial charge on any atom is 0.327 e. The number of carbonyl (C=O) groups is 3. The average molecular weight is 400 g/mol. The highest BCUT2D eigenvalue weighted by molar-refractivity contribution is 6.02. The molecule has 0 spiro atoms. The van der Waals surface area contributed by atoms with Crippen LogP contribution in [0.25, 0.3) is 0 Å². The summed E-state index contributed by atoms with van der Waals surface area (Å²) in [5.74, 6) is 1.06. The van der Waals surface area contributed by atoms with Crippen LogP contribution < -0.4 is 20.7 Å². The molecule has 0 aromatic carbocycles. The molecule has 0 radical (unpaired) electrons. The Morgan fingerprint density at radius 1 is 0.966 bits per heavy atom. The Kier molecular flexibility index (Phi) is 6.71. The monoisotopic (exact) mass is 400 g/mol. The van der Waals surface area contributed by atoms with Crippen LogP contribution in [0.1, 0.15) is 20.8 Å². The molecule has 0 saturated heterocycles. The van der Waals surface area contributed by atoms with Crippen molar-refractivity contribution < 1.29 is 19.1 Å². The molecule has 2 heterocycles. The summed E-state index contributed by atoms with van der Waals surface area (Å²) in [7, 11) is 3.24. The van der Waals surface area contributed by atoms with E-state index in [4.69, 9.17) is 4.74 Å². The van der Waals surface area contributed by atoms with E-state index in [-0.39, 0.29) is 11.8 Å². The summed E-state index contributed by atoms with van der Waals surface area (Å²) in [6.45, 7) is 5.11. The molecule has 2 aromatic heterocycles. The minimum Gasteiger partial charge on any atom is -0.456 e. The van der Waals surface area contributed by atoms with E-state index in [1.165, 1.54) is 23.4 Å². The van der Waals surface area contributed by atoms with Crippen molar-refractivity contribution in [1.29, 1.82) is 0 Å². The number of anilines is 2. The molecule has 0 aliphatic carbocycles. The van der Waals surface area contributed by atoms with Gasteiger partial charge in [0.25, 0.3) is 0 Å². The quantitative estimate of drug-likeness (QED) is 0.724. The molecule has 10 nitrogen and oxygen atoms in total. The maximum absolute atomic E-state index is 11.9. The first-order valence-corrected chi connectivity index (χ1v) is 8.75. The van der Waals surface area contributed by atoms with Crippen LogP contribution >= 0.6 is 0 Å². The van der Waals surface area contributed by atoms with Gasteiger partial charge in [0.05, 0.1) is 6.20 Å². The van der Waals surface area contributed by atoms with Gasteiger partial charge < -0.3 is 9.64 Å². The van der Waals surface area contributed by atoms with Crippen LogP contribution in [0, 0.1) is 5.41 Å². The lowest BCUT2D eigenvalue weighted by Gasteiger charge is -2.16. The highest BCUT2D eigenvalue weighted by Crippen LogP contribution is 2.23. The molecular formula is C19H24N6O4. The van der Waals surface area contributed by atoms with Crippen molar-refractivity contribution in [3.05, 3.63) is 36.7 Å². The molecule has 5 amide bonds. The second-order valence-corrected chi connectivity index (χ2v) is 7.34. The Balaban J connectivity index is 1.96. The summed E-state index contributed by atoms with van der Waals surface area (Å²) in [5.41, 5.74) is -0.683. The molecule has 10 heteroatoms. The fraction of sp³-hybridized carbons (Fsp3) is 0.316. The number of urea groups is 2. The van der Waals surface area contributed by atoms with Crippen LogP contribution in [0.4, 0.5) is 21.2 Å². The Morgan fingerprint density at radius 3 is 2.28 bits per heavy atom. The highest BCUT2D eigenvalue weighted by atomic mass is 16.5. The first kappa shape index (κ1) is 21.6. The number of aromatic nitrogens is 2. The van der Waals surface area contributed by atoms with Gasteiger partial charge in [-0.25, -0.2) is 19.6 Å². The Labute approximate surface area is 168 Å². The predicted octanol–water partition coefficient (Wildman–Crippen LogP) is 3.06. The number of hydrogen-bond acceptors (Lipinski definition) is 6. The topological polar surface area (TPSA) is 126 Å². The molecule has 154 valence electrons. The summed E-state index contributed by atoms with van der Waals surface area (Å²) >= 11 is 0. The normalized spacial score (nSPS) is 10.7. The number of hydrogen-bond donors (Lipinski definition) is 3. The summed E-state index contributed by atoms with van der Waals surface area (Å²) in [6.07, 6.45) is 2.92. The second-order valence-electron chi connectivity index (χ2n) is 7.34. The van der Waals surface area contributed by atoms with Gasteiger partial charge in [-0.05, 0) is 18.2 Å². The van der Waals surface area contributed by atoms with E-state index in [2.05, 4.69) is 25.9 Å². The molecule has 2 rings (SSSR count). The fourth-order valence-corrected chi connectivity index (χ4v) is 1.85. The third-order valence-electron chi connectivity index (χ3n) is 3.49. The van der Waals surface area contributed by atoms with Gasteiger partial charge in [0.1, 0.15) is 23.1 Å². The minimum atomic E-state index is -0.683. The van der Waals surface area contributed by atoms with Crippen LogP contribution in [0.2, 0.25) is 0 Å². The van der Waals surface area contributed by atoms with E-state index in [1.54, 1.807) is 53.1 Å². The molecule has 0 aliphatic heterocycles. The molecule has 29 heavy (non-hydrogen) atoms. The third-order valence-corrected chi connectivity index (χ3v) is 3.49. The molecule has 2 aromatic rings. The number of pyridine rings is 2. The fourth-order valence-electron chi connectivity index (χ4n) is 1.85. The molecular weight excluding hydrogens is 376 g/mol. The van der Waals surface area contributed by atoms with E-state index >= 15 is 0 Å². The van der Waals surface area contributed by atoms with E-state index in [0.717, 1.165) is 0 Å². The van der Waals surface area contributed by atoms with Crippen molar-refractivity contribution in [3.8, 4) is 11.5 Å². The summed E-state index contributed by atoms with van der Waals surface area (Å²) < 4.78 is 5.68. The standard InChI is InChI=1S/C19H24N6O4/c1-19(2,3)16(26)24-17(27)22-14-7-6-13(11-21-14)29-12-8-9-20-15(10-12)23-18(28)25(4)5/h6-11H,1-5H3,(H,20,23,28)(H2,21,22,24,26,27). The van der Waals surface area contributed by atoms with Gasteiger partial charge >= 0.3 is 12.1 Å². The lowest BCUT2D eigenvalue weighted by molar-refractivity contribution is -0.127. The molecule has 0 unspecified atom stereocenters. The van der Waals surface area contributed by atoms with Crippen LogP contribution in [0.15, 0.2) is 36.7 Å². The van der Waals surface area contributed by atoms with Crippen molar-refractivity contribution >= 4 is 29.6 Å². The number of nitrogens with one attached hydrogen (secondary N) is 3. The zero-order valence-electron chi connectivity index (χ0n) is 16.9. The van der Waals surface area contributed by atoms with E-state index < -0.39 is 17.4 Å². The predicted molar refractivity (Wildman–Crippen MR) is 108 cm³/mol. The van der Waals surface area contributed by atoms with Gasteiger partial charge in [-0.15, -0.1) is 0 Å². The molecule has 0 fully saturated rings. The molecule has 0 atom stereocenters. The molecule has 3 N–H and O–H groups in total. The van der Waals surface area contributed by atoms with Gasteiger partial charge in [0.15, 0.2) is 0 Å². The van der Waals surface area contributed by atoms with Crippen LogP contribution in [0.5, 0.6) is 11.5 Å². The van der Waals surface area contributed by atoms with E-state index in [9.17, 15) is 14.4 Å². The number of carbonyl (C=O) groups excluding carboxylic acids is 3. The van der Waals surface area contributed by atoms with Crippen molar-refractivity contribution in [2.75, 3.05) is 24.7 Å². The average Bonchev–Trinajstić information content (AvgIpc) is 2.62. The Hall–Kier alpha value is -3.69. The number of ether oxygens (including phenoxy) is 1. The van der Waals surface area contributed by atoms with Crippen LogP contribution in [-0.4, -0.2) is 46.9 Å². The minimum absolute atomic E-state index is 0.255. The first-order valence-electron chi connectivity index (χ1n) is 8.75. The first-order chi connectivity index (χ1) is 13.5. The van der Waals surface area contributed by atoms with E-state index in [1.807, 2.05) is 0 Å². The lowest BCUT2D eigenvalue weighted by Crippen LogP contribution is -2.41. The molecule has 0 bridgehead atoms. The number of amides is 5. The van der Waals surface area contributed by atoms with Gasteiger partial charge in [-0.2, -0.15) is 0 Å².